The lowest BCUT2D eigenvalue weighted by Crippen LogP contribution is -2.44. The fraction of sp³-hybridized carbons (Fsp3) is 0.160. The van der Waals surface area contributed by atoms with Crippen LogP contribution in [0.4, 0.5) is 10.1 Å². The topological polar surface area (TPSA) is 95.5 Å². The Balaban J connectivity index is 1.66. The van der Waals surface area contributed by atoms with E-state index in [1.54, 1.807) is 50.2 Å². The van der Waals surface area contributed by atoms with Gasteiger partial charge in [0.15, 0.2) is 0 Å². The second-order valence-electron chi connectivity index (χ2n) is 7.65. The Labute approximate surface area is 185 Å². The lowest BCUT2D eigenvalue weighted by molar-refractivity contribution is -0.140. The van der Waals surface area contributed by atoms with E-state index in [0.29, 0.717) is 16.8 Å². The smallest absolute Gasteiger partial charge is 0.326 e. The predicted molar refractivity (Wildman–Crippen MR) is 120 cm³/mol. The van der Waals surface area contributed by atoms with Gasteiger partial charge in [0.1, 0.15) is 11.9 Å². The zero-order valence-corrected chi connectivity index (χ0v) is 17.6. The summed E-state index contributed by atoms with van der Waals surface area (Å²) in [4.78, 5) is 35.9. The molecule has 0 radical (unpaired) electrons. The van der Waals surface area contributed by atoms with Gasteiger partial charge in [-0.15, -0.1) is 0 Å². The number of aliphatic carboxylic acids is 1. The van der Waals surface area contributed by atoms with Crippen molar-refractivity contribution in [2.75, 3.05) is 5.32 Å². The Morgan fingerprint density at radius 1 is 0.750 bits per heavy atom. The number of anilines is 1. The Morgan fingerprint density at radius 3 is 1.72 bits per heavy atom. The molecule has 0 saturated carbocycles. The zero-order chi connectivity index (χ0) is 23.3. The molecule has 0 aliphatic heterocycles. The molecule has 0 aliphatic rings. The van der Waals surface area contributed by atoms with Crippen LogP contribution in [0.1, 0.15) is 34.6 Å². The summed E-state index contributed by atoms with van der Waals surface area (Å²) in [5.74, 6) is -2.50. The molecular weight excluding hydrogens is 411 g/mol. The van der Waals surface area contributed by atoms with Crippen molar-refractivity contribution in [2.24, 2.45) is 5.92 Å². The first-order chi connectivity index (χ1) is 15.2. The highest BCUT2D eigenvalue weighted by atomic mass is 19.1. The molecule has 0 spiro atoms. The molecule has 3 rings (SSSR count). The number of nitrogens with one attached hydrogen (secondary N) is 2. The summed E-state index contributed by atoms with van der Waals surface area (Å²) in [6.45, 7) is 3.46. The molecule has 0 unspecified atom stereocenters. The van der Waals surface area contributed by atoms with Gasteiger partial charge in [0.25, 0.3) is 11.8 Å². The number of halogens is 1. The second-order valence-corrected chi connectivity index (χ2v) is 7.65. The molecule has 0 aromatic heterocycles. The molecule has 2 amide bonds. The number of rotatable bonds is 7. The molecule has 0 bridgehead atoms. The van der Waals surface area contributed by atoms with Crippen LogP contribution in [0.2, 0.25) is 0 Å². The summed E-state index contributed by atoms with van der Waals surface area (Å²) in [5.41, 5.74) is 3.04. The SMILES string of the molecule is CC(C)[C@@H](NC(=O)c1ccc(-c2ccc(NC(=O)c3ccc(F)cc3)cc2)cc1)C(=O)O. The fourth-order valence-electron chi connectivity index (χ4n) is 3.10. The van der Waals surface area contributed by atoms with E-state index in [2.05, 4.69) is 10.6 Å². The summed E-state index contributed by atoms with van der Waals surface area (Å²) in [6, 6.07) is 18.3. The lowest BCUT2D eigenvalue weighted by Gasteiger charge is -2.18. The zero-order valence-electron chi connectivity index (χ0n) is 17.6. The van der Waals surface area contributed by atoms with Crippen LogP contribution in [0.5, 0.6) is 0 Å². The van der Waals surface area contributed by atoms with E-state index in [0.717, 1.165) is 11.1 Å². The number of carboxylic acids is 1. The summed E-state index contributed by atoms with van der Waals surface area (Å²) < 4.78 is 13.0. The molecule has 164 valence electrons. The summed E-state index contributed by atoms with van der Waals surface area (Å²) in [7, 11) is 0. The van der Waals surface area contributed by atoms with E-state index >= 15 is 0 Å². The molecule has 1 atom stereocenters. The Hall–Kier alpha value is -4.00. The van der Waals surface area contributed by atoms with E-state index < -0.39 is 23.7 Å². The van der Waals surface area contributed by atoms with Crippen molar-refractivity contribution in [1.82, 2.24) is 5.32 Å². The highest BCUT2D eigenvalue weighted by molar-refractivity contribution is 6.04. The first-order valence-electron chi connectivity index (χ1n) is 10.1. The van der Waals surface area contributed by atoms with Gasteiger partial charge >= 0.3 is 5.97 Å². The average Bonchev–Trinajstić information content (AvgIpc) is 2.78. The van der Waals surface area contributed by atoms with Crippen LogP contribution in [0.15, 0.2) is 72.8 Å². The van der Waals surface area contributed by atoms with Gasteiger partial charge < -0.3 is 15.7 Å². The number of carbonyl (C=O) groups excluding carboxylic acids is 2. The fourth-order valence-corrected chi connectivity index (χ4v) is 3.10. The van der Waals surface area contributed by atoms with Crippen molar-refractivity contribution in [1.29, 1.82) is 0 Å². The molecule has 3 N–H and O–H groups in total. The first-order valence-corrected chi connectivity index (χ1v) is 10.1. The van der Waals surface area contributed by atoms with Gasteiger partial charge in [0.2, 0.25) is 0 Å². The number of amides is 2. The number of carboxylic acid groups (broad SMARTS) is 1. The Kier molecular flexibility index (Phi) is 7.00. The van der Waals surface area contributed by atoms with E-state index in [1.165, 1.54) is 24.3 Å². The number of hydrogen-bond acceptors (Lipinski definition) is 3. The Bertz CT molecular complexity index is 1110. The number of carbonyl (C=O) groups is 3. The van der Waals surface area contributed by atoms with Gasteiger partial charge in [-0.1, -0.05) is 38.1 Å². The highest BCUT2D eigenvalue weighted by Crippen LogP contribution is 2.22. The molecule has 32 heavy (non-hydrogen) atoms. The van der Waals surface area contributed by atoms with Crippen LogP contribution >= 0.6 is 0 Å². The standard InChI is InChI=1S/C25H23FN2O4/c1-15(2)22(25(31)32)28-24(30)18-5-3-16(4-6-18)17-9-13-21(14-10-17)27-23(29)19-7-11-20(26)12-8-19/h3-15,22H,1-2H3,(H,27,29)(H,28,30)(H,31,32)/t22-/m1/s1. The van der Waals surface area contributed by atoms with Gasteiger partial charge in [-0.25, -0.2) is 9.18 Å². The van der Waals surface area contributed by atoms with Crippen LogP contribution in [0.3, 0.4) is 0 Å². The van der Waals surface area contributed by atoms with E-state index in [9.17, 15) is 23.9 Å². The molecule has 0 saturated heterocycles. The third kappa shape index (κ3) is 5.57. The second kappa shape index (κ2) is 9.87. The molecule has 7 heteroatoms. The van der Waals surface area contributed by atoms with Crippen LogP contribution < -0.4 is 10.6 Å². The van der Waals surface area contributed by atoms with Crippen molar-refractivity contribution >= 4 is 23.5 Å². The Morgan fingerprint density at radius 2 is 1.22 bits per heavy atom. The molecule has 0 fully saturated rings. The third-order valence-electron chi connectivity index (χ3n) is 4.95. The van der Waals surface area contributed by atoms with Crippen molar-refractivity contribution < 1.29 is 23.9 Å². The minimum atomic E-state index is -1.07. The van der Waals surface area contributed by atoms with Crippen LogP contribution in [0.25, 0.3) is 11.1 Å². The van der Waals surface area contributed by atoms with Gasteiger partial charge in [0.05, 0.1) is 0 Å². The summed E-state index contributed by atoms with van der Waals surface area (Å²) in [5, 5.41) is 14.5. The maximum Gasteiger partial charge on any atom is 0.326 e. The monoisotopic (exact) mass is 434 g/mol. The predicted octanol–water partition coefficient (Wildman–Crippen LogP) is 4.58. The average molecular weight is 434 g/mol. The largest absolute Gasteiger partial charge is 0.480 e. The van der Waals surface area contributed by atoms with Crippen molar-refractivity contribution in [3.8, 4) is 11.1 Å². The van der Waals surface area contributed by atoms with Crippen LogP contribution in [-0.4, -0.2) is 28.9 Å². The minimum absolute atomic E-state index is 0.238. The van der Waals surface area contributed by atoms with E-state index in [4.69, 9.17) is 0 Å². The number of hydrogen-bond donors (Lipinski definition) is 3. The van der Waals surface area contributed by atoms with E-state index in [1.807, 2.05) is 12.1 Å². The summed E-state index contributed by atoms with van der Waals surface area (Å²) in [6.07, 6.45) is 0. The van der Waals surface area contributed by atoms with Crippen LogP contribution in [0, 0.1) is 11.7 Å². The molecule has 3 aromatic carbocycles. The molecule has 6 nitrogen and oxygen atoms in total. The molecule has 0 aliphatic carbocycles. The maximum absolute atomic E-state index is 13.0. The van der Waals surface area contributed by atoms with Gasteiger partial charge in [0, 0.05) is 16.8 Å². The summed E-state index contributed by atoms with van der Waals surface area (Å²) >= 11 is 0. The lowest BCUT2D eigenvalue weighted by atomic mass is 10.0. The van der Waals surface area contributed by atoms with Gasteiger partial charge in [-0.3, -0.25) is 9.59 Å². The molecular formula is C25H23FN2O4. The van der Waals surface area contributed by atoms with E-state index in [-0.39, 0.29) is 11.8 Å². The highest BCUT2D eigenvalue weighted by Gasteiger charge is 2.23. The number of benzene rings is 3. The minimum Gasteiger partial charge on any atom is -0.480 e. The van der Waals surface area contributed by atoms with Gasteiger partial charge in [-0.05, 0) is 65.6 Å². The first kappa shape index (κ1) is 22.7. The molecule has 3 aromatic rings. The quantitative estimate of drug-likeness (QED) is 0.507. The van der Waals surface area contributed by atoms with Crippen molar-refractivity contribution in [3.05, 3.63) is 89.7 Å². The maximum atomic E-state index is 13.0. The van der Waals surface area contributed by atoms with Crippen LogP contribution in [-0.2, 0) is 4.79 Å². The van der Waals surface area contributed by atoms with Crippen molar-refractivity contribution in [2.45, 2.75) is 19.9 Å². The normalized spacial score (nSPS) is 11.6. The van der Waals surface area contributed by atoms with Crippen molar-refractivity contribution in [3.63, 3.8) is 0 Å². The molecule has 0 heterocycles. The van der Waals surface area contributed by atoms with Gasteiger partial charge in [-0.2, -0.15) is 0 Å². The third-order valence-corrected chi connectivity index (χ3v) is 4.95.